The molecule has 5 heteroatoms. The van der Waals surface area contributed by atoms with Crippen LogP contribution in [0.2, 0.25) is 0 Å². The molecular weight excluding hydrogens is 244 g/mol. The van der Waals surface area contributed by atoms with Gasteiger partial charge in [0.15, 0.2) is 0 Å². The van der Waals surface area contributed by atoms with Crippen LogP contribution in [-0.2, 0) is 4.79 Å². The number of aliphatic carboxylic acids is 1. The van der Waals surface area contributed by atoms with E-state index in [9.17, 15) is 9.59 Å². The molecule has 1 aromatic rings. The van der Waals surface area contributed by atoms with Gasteiger partial charge < -0.3 is 14.6 Å². The monoisotopic (exact) mass is 264 g/mol. The Hall–Kier alpha value is -1.78. The quantitative estimate of drug-likeness (QED) is 0.856. The molecule has 5 nitrogen and oxygen atoms in total. The third kappa shape index (κ3) is 2.97. The lowest BCUT2D eigenvalue weighted by Gasteiger charge is -2.27. The molecule has 1 N–H and O–H groups in total. The zero-order chi connectivity index (χ0) is 14.0. The summed E-state index contributed by atoms with van der Waals surface area (Å²) in [4.78, 5) is 24.9. The molecule has 1 fully saturated rings. The van der Waals surface area contributed by atoms with E-state index in [1.54, 1.807) is 6.07 Å². The van der Waals surface area contributed by atoms with Gasteiger partial charge in [0.1, 0.15) is 12.2 Å². The summed E-state index contributed by atoms with van der Waals surface area (Å²) in [7, 11) is 0. The standard InChI is InChI=1S/C14H20N2O3/c1-3-10(2)16(9-13(17)18)14(19)12-5-4-8-15(12)11-6-7-11/h4-5,8,10-11H,3,6-7,9H2,1-2H3,(H,17,18). The molecule has 2 rings (SSSR count). The van der Waals surface area contributed by atoms with Gasteiger partial charge in [-0.2, -0.15) is 0 Å². The van der Waals surface area contributed by atoms with Crippen LogP contribution in [0.4, 0.5) is 0 Å². The van der Waals surface area contributed by atoms with Crippen molar-refractivity contribution < 1.29 is 14.7 Å². The molecule has 1 saturated carbocycles. The average Bonchev–Trinajstić information content (AvgIpc) is 3.11. The molecule has 0 aliphatic heterocycles. The lowest BCUT2D eigenvalue weighted by Crippen LogP contribution is -2.42. The fourth-order valence-corrected chi connectivity index (χ4v) is 2.19. The van der Waals surface area contributed by atoms with Crippen molar-refractivity contribution in [3.63, 3.8) is 0 Å². The number of hydrogen-bond donors (Lipinski definition) is 1. The van der Waals surface area contributed by atoms with E-state index in [2.05, 4.69) is 0 Å². The lowest BCUT2D eigenvalue weighted by atomic mass is 10.2. The molecule has 1 aromatic heterocycles. The average molecular weight is 264 g/mol. The second-order valence-corrected chi connectivity index (χ2v) is 5.12. The highest BCUT2D eigenvalue weighted by atomic mass is 16.4. The molecule has 104 valence electrons. The number of carbonyl (C=O) groups excluding carboxylic acids is 1. The third-order valence-corrected chi connectivity index (χ3v) is 3.63. The van der Waals surface area contributed by atoms with Gasteiger partial charge >= 0.3 is 5.97 Å². The fourth-order valence-electron chi connectivity index (χ4n) is 2.19. The topological polar surface area (TPSA) is 62.5 Å². The number of aromatic nitrogens is 1. The van der Waals surface area contributed by atoms with Gasteiger partial charge in [0.25, 0.3) is 5.91 Å². The van der Waals surface area contributed by atoms with Crippen LogP contribution in [0, 0.1) is 0 Å². The highest BCUT2D eigenvalue weighted by Crippen LogP contribution is 2.36. The maximum absolute atomic E-state index is 12.5. The molecule has 0 aromatic carbocycles. The van der Waals surface area contributed by atoms with Crippen molar-refractivity contribution >= 4 is 11.9 Å². The smallest absolute Gasteiger partial charge is 0.323 e. The van der Waals surface area contributed by atoms with Crippen molar-refractivity contribution in [1.29, 1.82) is 0 Å². The minimum atomic E-state index is -0.974. The molecule has 0 radical (unpaired) electrons. The summed E-state index contributed by atoms with van der Waals surface area (Å²) in [5, 5.41) is 8.96. The van der Waals surface area contributed by atoms with E-state index < -0.39 is 5.97 Å². The van der Waals surface area contributed by atoms with E-state index in [0.29, 0.717) is 11.7 Å². The summed E-state index contributed by atoms with van der Waals surface area (Å²) in [6, 6.07) is 3.96. The van der Waals surface area contributed by atoms with Crippen molar-refractivity contribution in [2.24, 2.45) is 0 Å². The van der Waals surface area contributed by atoms with Gasteiger partial charge in [0.05, 0.1) is 0 Å². The molecular formula is C14H20N2O3. The molecule has 0 bridgehead atoms. The molecule has 1 amide bonds. The van der Waals surface area contributed by atoms with E-state index in [4.69, 9.17) is 5.11 Å². The molecule has 1 unspecified atom stereocenters. The normalized spacial score (nSPS) is 16.1. The highest BCUT2D eigenvalue weighted by Gasteiger charge is 2.30. The van der Waals surface area contributed by atoms with Crippen molar-refractivity contribution in [3.8, 4) is 0 Å². The summed E-state index contributed by atoms with van der Waals surface area (Å²) in [5.41, 5.74) is 0.601. The molecule has 1 atom stereocenters. The first-order chi connectivity index (χ1) is 9.04. The van der Waals surface area contributed by atoms with Crippen LogP contribution < -0.4 is 0 Å². The van der Waals surface area contributed by atoms with Gasteiger partial charge in [0, 0.05) is 18.3 Å². The van der Waals surface area contributed by atoms with Gasteiger partial charge in [0.2, 0.25) is 0 Å². The first-order valence-electron chi connectivity index (χ1n) is 6.74. The Bertz CT molecular complexity index is 477. The zero-order valence-corrected chi connectivity index (χ0v) is 11.4. The van der Waals surface area contributed by atoms with Gasteiger partial charge in [-0.3, -0.25) is 9.59 Å². The van der Waals surface area contributed by atoms with Gasteiger partial charge in [-0.15, -0.1) is 0 Å². The Labute approximate surface area is 112 Å². The van der Waals surface area contributed by atoms with E-state index in [1.165, 1.54) is 4.90 Å². The van der Waals surface area contributed by atoms with Crippen LogP contribution in [0.15, 0.2) is 18.3 Å². The number of carbonyl (C=O) groups is 2. The summed E-state index contributed by atoms with van der Waals surface area (Å²) in [6.07, 6.45) is 4.83. The Morgan fingerprint density at radius 3 is 2.74 bits per heavy atom. The van der Waals surface area contributed by atoms with E-state index in [0.717, 1.165) is 19.3 Å². The van der Waals surface area contributed by atoms with Crippen molar-refractivity contribution in [1.82, 2.24) is 9.47 Å². The van der Waals surface area contributed by atoms with Crippen molar-refractivity contribution in [2.75, 3.05) is 6.54 Å². The lowest BCUT2D eigenvalue weighted by molar-refractivity contribution is -0.138. The number of rotatable bonds is 6. The first-order valence-corrected chi connectivity index (χ1v) is 6.74. The molecule has 19 heavy (non-hydrogen) atoms. The maximum Gasteiger partial charge on any atom is 0.323 e. The Morgan fingerprint density at radius 1 is 1.53 bits per heavy atom. The summed E-state index contributed by atoms with van der Waals surface area (Å²) in [6.45, 7) is 3.58. The van der Waals surface area contributed by atoms with Gasteiger partial charge in [-0.25, -0.2) is 0 Å². The number of carboxylic acids is 1. The van der Waals surface area contributed by atoms with Crippen LogP contribution in [0.3, 0.4) is 0 Å². The van der Waals surface area contributed by atoms with E-state index >= 15 is 0 Å². The van der Waals surface area contributed by atoms with Gasteiger partial charge in [-0.1, -0.05) is 6.92 Å². The predicted molar refractivity (Wildman–Crippen MR) is 71.1 cm³/mol. The Kier molecular flexibility index (Phi) is 3.93. The summed E-state index contributed by atoms with van der Waals surface area (Å²) >= 11 is 0. The second-order valence-electron chi connectivity index (χ2n) is 5.12. The fraction of sp³-hybridized carbons (Fsp3) is 0.571. The SMILES string of the molecule is CCC(C)N(CC(=O)O)C(=O)c1cccn1C1CC1. The number of carboxylic acid groups (broad SMARTS) is 1. The molecule has 1 aliphatic carbocycles. The third-order valence-electron chi connectivity index (χ3n) is 3.63. The van der Waals surface area contributed by atoms with Gasteiger partial charge in [-0.05, 0) is 38.3 Å². The summed E-state index contributed by atoms with van der Waals surface area (Å²) < 4.78 is 1.97. The van der Waals surface area contributed by atoms with Crippen LogP contribution in [-0.4, -0.2) is 39.0 Å². The van der Waals surface area contributed by atoms with Crippen LogP contribution >= 0.6 is 0 Å². The molecule has 1 heterocycles. The molecule has 0 saturated heterocycles. The van der Waals surface area contributed by atoms with Crippen molar-refractivity contribution in [2.45, 2.75) is 45.2 Å². The van der Waals surface area contributed by atoms with E-state index in [-0.39, 0.29) is 18.5 Å². The first kappa shape index (κ1) is 13.6. The highest BCUT2D eigenvalue weighted by molar-refractivity contribution is 5.94. The predicted octanol–water partition coefficient (Wildman–Crippen LogP) is 2.15. The number of nitrogens with zero attached hydrogens (tertiary/aromatic N) is 2. The largest absolute Gasteiger partial charge is 0.480 e. The van der Waals surface area contributed by atoms with E-state index in [1.807, 2.05) is 30.7 Å². The molecule has 1 aliphatic rings. The molecule has 0 spiro atoms. The van der Waals surface area contributed by atoms with Crippen LogP contribution in [0.25, 0.3) is 0 Å². The minimum absolute atomic E-state index is 0.0776. The number of hydrogen-bond acceptors (Lipinski definition) is 2. The zero-order valence-electron chi connectivity index (χ0n) is 11.4. The second kappa shape index (κ2) is 5.47. The Morgan fingerprint density at radius 2 is 2.21 bits per heavy atom. The minimum Gasteiger partial charge on any atom is -0.480 e. The van der Waals surface area contributed by atoms with Crippen LogP contribution in [0.1, 0.15) is 49.6 Å². The maximum atomic E-state index is 12.5. The summed E-state index contributed by atoms with van der Waals surface area (Å²) in [5.74, 6) is -1.16. The number of amides is 1. The Balaban J connectivity index is 2.22. The van der Waals surface area contributed by atoms with Crippen LogP contribution in [0.5, 0.6) is 0 Å². The van der Waals surface area contributed by atoms with Crippen molar-refractivity contribution in [3.05, 3.63) is 24.0 Å².